The molecule has 8 heteroatoms. The largest absolute Gasteiger partial charge is 0.493 e. The van der Waals surface area contributed by atoms with E-state index in [1.807, 2.05) is 0 Å². The number of hydrogen-bond donors (Lipinski definition) is 0. The van der Waals surface area contributed by atoms with Crippen molar-refractivity contribution < 1.29 is 38.1 Å². The van der Waals surface area contributed by atoms with Gasteiger partial charge in [0.2, 0.25) is 11.5 Å². The molecule has 142 valence electrons. The summed E-state index contributed by atoms with van der Waals surface area (Å²) in [7, 11) is 5.63. The normalized spacial score (nSPS) is 30.5. The van der Waals surface area contributed by atoms with Crippen LogP contribution in [-0.2, 0) is 19.1 Å². The van der Waals surface area contributed by atoms with E-state index >= 15 is 0 Å². The fraction of sp³-hybridized carbons (Fsp3) is 0.421. The van der Waals surface area contributed by atoms with E-state index in [4.69, 9.17) is 23.7 Å². The molecule has 3 aliphatic carbocycles. The summed E-state index contributed by atoms with van der Waals surface area (Å²) in [5.41, 5.74) is -0.937. The predicted octanol–water partition coefficient (Wildman–Crippen LogP) is 1.26. The van der Waals surface area contributed by atoms with Crippen LogP contribution in [0.1, 0.15) is 21.8 Å². The van der Waals surface area contributed by atoms with Crippen molar-refractivity contribution in [1.82, 2.24) is 0 Å². The Hall–Kier alpha value is -2.87. The number of methoxy groups -OCH3 is 4. The highest BCUT2D eigenvalue weighted by atomic mass is 16.6. The lowest BCUT2D eigenvalue weighted by atomic mass is 9.69. The van der Waals surface area contributed by atoms with Gasteiger partial charge in [-0.25, -0.2) is 0 Å². The number of carbonyl (C=O) groups excluding carboxylic acids is 3. The summed E-state index contributed by atoms with van der Waals surface area (Å²) >= 11 is 0. The average Bonchev–Trinajstić information content (AvgIpc) is 2.88. The molecule has 1 aromatic carbocycles. The maximum Gasteiger partial charge on any atom is 0.321 e. The Morgan fingerprint density at radius 3 is 2.26 bits per heavy atom. The first-order valence-electron chi connectivity index (χ1n) is 8.32. The minimum Gasteiger partial charge on any atom is -0.493 e. The Morgan fingerprint density at radius 2 is 1.67 bits per heavy atom. The van der Waals surface area contributed by atoms with Gasteiger partial charge in [-0.2, -0.15) is 0 Å². The fourth-order valence-corrected chi connectivity index (χ4v) is 4.45. The van der Waals surface area contributed by atoms with E-state index in [1.165, 1.54) is 28.4 Å². The number of cyclic esters (lactones) is 2. The van der Waals surface area contributed by atoms with Gasteiger partial charge in [0.05, 0.1) is 32.8 Å². The SMILES string of the molecule is COc1cc2c(c(OC)c1OC)C(=O)[C@]1(OC)C=C[C@H]2[C@H]2C(=O)OC(=O)[C@H]21. The van der Waals surface area contributed by atoms with Crippen LogP contribution in [0.15, 0.2) is 18.2 Å². The molecule has 0 spiro atoms. The Morgan fingerprint density at radius 1 is 0.963 bits per heavy atom. The molecule has 27 heavy (non-hydrogen) atoms. The zero-order valence-corrected chi connectivity index (χ0v) is 15.2. The third kappa shape index (κ3) is 1.98. The van der Waals surface area contributed by atoms with Crippen LogP contribution in [0.4, 0.5) is 0 Å². The number of allylic oxidation sites excluding steroid dienone is 1. The number of hydrogen-bond acceptors (Lipinski definition) is 8. The Labute approximate surface area is 155 Å². The average molecular weight is 374 g/mol. The van der Waals surface area contributed by atoms with E-state index < -0.39 is 41.1 Å². The lowest BCUT2D eigenvalue weighted by Crippen LogP contribution is -2.51. The van der Waals surface area contributed by atoms with Gasteiger partial charge in [0, 0.05) is 13.0 Å². The van der Waals surface area contributed by atoms with Crippen molar-refractivity contribution in [3.63, 3.8) is 0 Å². The molecule has 4 aliphatic rings. The third-order valence-corrected chi connectivity index (χ3v) is 5.63. The molecular formula is C19H18O8. The standard InChI is InChI=1S/C19H18O8/c1-23-10-7-9-8-5-6-19(26-4,13-11(8)17(21)27-18(13)22)16(20)12(9)15(25-3)14(10)24-2/h5-8,11,13H,1-4H3/t8-,11-,13+,19+/m1/s1. The minimum absolute atomic E-state index is 0.174. The first kappa shape index (κ1) is 17.5. The first-order chi connectivity index (χ1) is 12.9. The molecule has 1 saturated heterocycles. The van der Waals surface area contributed by atoms with Gasteiger partial charge in [0.15, 0.2) is 17.1 Å². The Bertz CT molecular complexity index is 901. The summed E-state index contributed by atoms with van der Waals surface area (Å²) in [5.74, 6) is -3.65. The molecule has 1 aliphatic heterocycles. The van der Waals surface area contributed by atoms with E-state index in [2.05, 4.69) is 0 Å². The zero-order valence-electron chi connectivity index (χ0n) is 15.2. The van der Waals surface area contributed by atoms with E-state index in [0.29, 0.717) is 11.3 Å². The molecule has 5 rings (SSSR count). The van der Waals surface area contributed by atoms with Gasteiger partial charge in [-0.3, -0.25) is 14.4 Å². The number of carbonyl (C=O) groups is 3. The van der Waals surface area contributed by atoms with E-state index in [1.54, 1.807) is 18.2 Å². The van der Waals surface area contributed by atoms with Gasteiger partial charge in [-0.1, -0.05) is 6.08 Å². The molecule has 1 fully saturated rings. The minimum atomic E-state index is -1.65. The van der Waals surface area contributed by atoms with Crippen molar-refractivity contribution in [1.29, 1.82) is 0 Å². The lowest BCUT2D eigenvalue weighted by Gasteiger charge is -2.35. The predicted molar refractivity (Wildman–Crippen MR) is 90.1 cm³/mol. The molecule has 0 N–H and O–H groups in total. The number of rotatable bonds is 4. The molecule has 0 radical (unpaired) electrons. The molecule has 4 atom stereocenters. The summed E-state index contributed by atoms with van der Waals surface area (Å²) in [4.78, 5) is 38.5. The molecule has 1 heterocycles. The molecule has 0 aromatic heterocycles. The van der Waals surface area contributed by atoms with Crippen LogP contribution in [0.25, 0.3) is 0 Å². The van der Waals surface area contributed by atoms with Gasteiger partial charge in [0.1, 0.15) is 5.92 Å². The van der Waals surface area contributed by atoms with Crippen LogP contribution in [0.5, 0.6) is 17.2 Å². The molecule has 0 unspecified atom stereocenters. The second-order valence-corrected chi connectivity index (χ2v) is 6.56. The van der Waals surface area contributed by atoms with Gasteiger partial charge < -0.3 is 23.7 Å². The van der Waals surface area contributed by atoms with Crippen molar-refractivity contribution in [3.8, 4) is 17.2 Å². The number of esters is 2. The van der Waals surface area contributed by atoms with Gasteiger partial charge >= 0.3 is 11.9 Å². The highest BCUT2D eigenvalue weighted by molar-refractivity contribution is 6.14. The highest BCUT2D eigenvalue weighted by Gasteiger charge is 2.66. The maximum atomic E-state index is 13.6. The van der Waals surface area contributed by atoms with Crippen molar-refractivity contribution in [2.75, 3.05) is 28.4 Å². The molecule has 2 bridgehead atoms. The number of ketones is 1. The summed E-state index contributed by atoms with van der Waals surface area (Å²) in [6.07, 6.45) is 3.25. The van der Waals surface area contributed by atoms with Crippen molar-refractivity contribution in [2.24, 2.45) is 11.8 Å². The Balaban J connectivity index is 2.09. The van der Waals surface area contributed by atoms with Gasteiger partial charge in [0.25, 0.3) is 0 Å². The number of ether oxygens (including phenoxy) is 5. The Kier molecular flexibility index (Phi) is 3.78. The fourth-order valence-electron chi connectivity index (χ4n) is 4.45. The lowest BCUT2D eigenvalue weighted by molar-refractivity contribution is -0.155. The van der Waals surface area contributed by atoms with Gasteiger partial charge in [-0.05, 0) is 17.7 Å². The summed E-state index contributed by atoms with van der Waals surface area (Å²) in [6, 6.07) is 1.63. The highest BCUT2D eigenvalue weighted by Crippen LogP contribution is 2.56. The van der Waals surface area contributed by atoms with Crippen molar-refractivity contribution >= 4 is 17.7 Å². The molecule has 0 amide bonds. The van der Waals surface area contributed by atoms with Crippen LogP contribution in [0.3, 0.4) is 0 Å². The second-order valence-electron chi connectivity index (χ2n) is 6.56. The smallest absolute Gasteiger partial charge is 0.321 e. The van der Waals surface area contributed by atoms with E-state index in [9.17, 15) is 14.4 Å². The molecular weight excluding hydrogens is 356 g/mol. The van der Waals surface area contributed by atoms with E-state index in [0.717, 1.165) is 0 Å². The van der Waals surface area contributed by atoms with Crippen LogP contribution in [0, 0.1) is 11.8 Å². The monoisotopic (exact) mass is 374 g/mol. The summed E-state index contributed by atoms with van der Waals surface area (Å²) in [5, 5.41) is 0. The maximum absolute atomic E-state index is 13.6. The van der Waals surface area contributed by atoms with Gasteiger partial charge in [-0.15, -0.1) is 0 Å². The van der Waals surface area contributed by atoms with Crippen molar-refractivity contribution in [2.45, 2.75) is 11.5 Å². The first-order valence-corrected chi connectivity index (χ1v) is 8.32. The second kappa shape index (κ2) is 5.82. The molecule has 0 saturated carbocycles. The van der Waals surface area contributed by atoms with Crippen LogP contribution >= 0.6 is 0 Å². The van der Waals surface area contributed by atoms with Crippen molar-refractivity contribution in [3.05, 3.63) is 29.3 Å². The number of benzene rings is 1. The molecule has 1 aromatic rings. The summed E-state index contributed by atoms with van der Waals surface area (Å²) < 4.78 is 26.7. The third-order valence-electron chi connectivity index (χ3n) is 5.63. The van der Waals surface area contributed by atoms with Crippen LogP contribution < -0.4 is 14.2 Å². The number of Topliss-reactive ketones (excluding diaryl/α,β-unsaturated/α-hetero) is 1. The zero-order chi connectivity index (χ0) is 19.5. The van der Waals surface area contributed by atoms with E-state index in [-0.39, 0.29) is 17.1 Å². The molecule has 8 nitrogen and oxygen atoms in total. The quantitative estimate of drug-likeness (QED) is 0.441. The van der Waals surface area contributed by atoms with Crippen LogP contribution in [0.2, 0.25) is 0 Å². The topological polar surface area (TPSA) is 97.4 Å². The summed E-state index contributed by atoms with van der Waals surface area (Å²) in [6.45, 7) is 0. The van der Waals surface area contributed by atoms with Crippen LogP contribution in [-0.4, -0.2) is 51.8 Å².